The molecule has 2 atom stereocenters. The highest BCUT2D eigenvalue weighted by atomic mass is 15.2. The fourth-order valence-corrected chi connectivity index (χ4v) is 3.02. The molecule has 1 saturated heterocycles. The normalized spacial score (nSPS) is 23.2. The van der Waals surface area contributed by atoms with Crippen LogP contribution in [0.1, 0.15) is 57.8 Å². The van der Waals surface area contributed by atoms with Crippen molar-refractivity contribution in [1.82, 2.24) is 9.97 Å². The Morgan fingerprint density at radius 3 is 2.50 bits per heavy atom. The Kier molecular flexibility index (Phi) is 4.51. The van der Waals surface area contributed by atoms with Crippen LogP contribution in [0.25, 0.3) is 0 Å². The number of nitrogens with zero attached hydrogens (tertiary/aromatic N) is 3. The minimum Gasteiger partial charge on any atom is -0.373 e. The van der Waals surface area contributed by atoms with Gasteiger partial charge in [0.05, 0.1) is 0 Å². The van der Waals surface area contributed by atoms with Crippen LogP contribution in [0.15, 0.2) is 0 Å². The Morgan fingerprint density at radius 2 is 1.95 bits per heavy atom. The SMILES string of the molecule is CNc1nc(C(C)C)nc(N2CCC(C)CC2C)c1C. The van der Waals surface area contributed by atoms with Crippen molar-refractivity contribution in [3.05, 3.63) is 11.4 Å². The van der Waals surface area contributed by atoms with Gasteiger partial charge in [-0.3, -0.25) is 0 Å². The van der Waals surface area contributed by atoms with Crippen molar-refractivity contribution in [2.75, 3.05) is 23.8 Å². The molecule has 0 amide bonds. The first-order valence-electron chi connectivity index (χ1n) is 7.77. The first kappa shape index (κ1) is 15.1. The van der Waals surface area contributed by atoms with Gasteiger partial charge in [-0.2, -0.15) is 0 Å². The Hall–Kier alpha value is -1.32. The molecule has 0 aliphatic carbocycles. The van der Waals surface area contributed by atoms with Gasteiger partial charge >= 0.3 is 0 Å². The molecule has 112 valence electrons. The molecule has 4 nitrogen and oxygen atoms in total. The zero-order valence-electron chi connectivity index (χ0n) is 13.7. The maximum absolute atomic E-state index is 4.85. The van der Waals surface area contributed by atoms with Crippen LogP contribution in [0.5, 0.6) is 0 Å². The van der Waals surface area contributed by atoms with E-state index in [2.05, 4.69) is 49.8 Å². The van der Waals surface area contributed by atoms with Gasteiger partial charge in [0.15, 0.2) is 0 Å². The Bertz CT molecular complexity index is 470. The molecule has 1 fully saturated rings. The smallest absolute Gasteiger partial charge is 0.137 e. The van der Waals surface area contributed by atoms with E-state index in [0.717, 1.165) is 29.9 Å². The lowest BCUT2D eigenvalue weighted by Crippen LogP contribution is -2.41. The summed E-state index contributed by atoms with van der Waals surface area (Å²) in [7, 11) is 1.94. The number of nitrogens with one attached hydrogen (secondary N) is 1. The van der Waals surface area contributed by atoms with Crippen LogP contribution < -0.4 is 10.2 Å². The number of anilines is 2. The quantitative estimate of drug-likeness (QED) is 0.916. The first-order chi connectivity index (χ1) is 9.43. The molecule has 2 rings (SSSR count). The van der Waals surface area contributed by atoms with E-state index < -0.39 is 0 Å². The lowest BCUT2D eigenvalue weighted by atomic mass is 9.93. The maximum Gasteiger partial charge on any atom is 0.137 e. The second-order valence-electron chi connectivity index (χ2n) is 6.46. The molecule has 2 unspecified atom stereocenters. The second-order valence-corrected chi connectivity index (χ2v) is 6.46. The largest absolute Gasteiger partial charge is 0.373 e. The molecule has 0 aromatic carbocycles. The monoisotopic (exact) mass is 276 g/mol. The maximum atomic E-state index is 4.85. The number of aromatic nitrogens is 2. The van der Waals surface area contributed by atoms with Crippen molar-refractivity contribution >= 4 is 11.6 Å². The summed E-state index contributed by atoms with van der Waals surface area (Å²) in [6.45, 7) is 12.2. The van der Waals surface area contributed by atoms with Gasteiger partial charge in [-0.1, -0.05) is 20.8 Å². The highest BCUT2D eigenvalue weighted by Crippen LogP contribution is 2.31. The summed E-state index contributed by atoms with van der Waals surface area (Å²) >= 11 is 0. The number of piperidine rings is 1. The molecule has 1 N–H and O–H groups in total. The molecular weight excluding hydrogens is 248 g/mol. The van der Waals surface area contributed by atoms with Crippen molar-refractivity contribution in [3.8, 4) is 0 Å². The molecule has 0 saturated carbocycles. The third-order valence-electron chi connectivity index (χ3n) is 4.30. The van der Waals surface area contributed by atoms with Gasteiger partial charge in [-0.25, -0.2) is 9.97 Å². The second kappa shape index (κ2) is 5.98. The molecule has 0 spiro atoms. The predicted octanol–water partition coefficient (Wildman–Crippen LogP) is 3.57. The van der Waals surface area contributed by atoms with Crippen molar-refractivity contribution in [2.24, 2.45) is 5.92 Å². The molecule has 20 heavy (non-hydrogen) atoms. The number of hydrogen-bond donors (Lipinski definition) is 1. The van der Waals surface area contributed by atoms with E-state index in [9.17, 15) is 0 Å². The fourth-order valence-electron chi connectivity index (χ4n) is 3.02. The van der Waals surface area contributed by atoms with Crippen LogP contribution in [0.4, 0.5) is 11.6 Å². The number of hydrogen-bond acceptors (Lipinski definition) is 4. The summed E-state index contributed by atoms with van der Waals surface area (Å²) in [5.74, 6) is 4.18. The summed E-state index contributed by atoms with van der Waals surface area (Å²) in [4.78, 5) is 12.0. The minimum atomic E-state index is 0.348. The standard InChI is InChI=1S/C16H28N4/c1-10(2)14-18-15(17-6)13(5)16(19-14)20-8-7-11(3)9-12(20)4/h10-12H,7-9H2,1-6H3,(H,17,18,19). The van der Waals surface area contributed by atoms with E-state index in [1.807, 2.05) is 7.05 Å². The van der Waals surface area contributed by atoms with Gasteiger partial charge in [-0.05, 0) is 32.6 Å². The zero-order chi connectivity index (χ0) is 14.9. The van der Waals surface area contributed by atoms with Crippen LogP contribution in [-0.4, -0.2) is 29.6 Å². The molecule has 2 heterocycles. The van der Waals surface area contributed by atoms with Gasteiger partial charge in [0, 0.05) is 31.1 Å². The third kappa shape index (κ3) is 2.89. The predicted molar refractivity (Wildman–Crippen MR) is 85.6 cm³/mol. The van der Waals surface area contributed by atoms with Crippen LogP contribution in [0.3, 0.4) is 0 Å². The molecule has 1 aliphatic rings. The highest BCUT2D eigenvalue weighted by molar-refractivity contribution is 5.59. The summed E-state index contributed by atoms with van der Waals surface area (Å²) in [5, 5.41) is 3.22. The number of rotatable bonds is 3. The van der Waals surface area contributed by atoms with Gasteiger partial charge in [0.25, 0.3) is 0 Å². The van der Waals surface area contributed by atoms with E-state index >= 15 is 0 Å². The van der Waals surface area contributed by atoms with Crippen molar-refractivity contribution < 1.29 is 0 Å². The van der Waals surface area contributed by atoms with Gasteiger partial charge in [-0.15, -0.1) is 0 Å². The van der Waals surface area contributed by atoms with Crippen molar-refractivity contribution in [3.63, 3.8) is 0 Å². The van der Waals surface area contributed by atoms with E-state index in [1.165, 1.54) is 18.4 Å². The summed E-state index contributed by atoms with van der Waals surface area (Å²) in [6.07, 6.45) is 2.50. The van der Waals surface area contributed by atoms with E-state index in [-0.39, 0.29) is 0 Å². The van der Waals surface area contributed by atoms with E-state index in [4.69, 9.17) is 4.98 Å². The molecule has 1 aliphatic heterocycles. The lowest BCUT2D eigenvalue weighted by molar-refractivity contribution is 0.375. The first-order valence-corrected chi connectivity index (χ1v) is 7.77. The Labute approximate surface area is 123 Å². The van der Waals surface area contributed by atoms with Crippen molar-refractivity contribution in [1.29, 1.82) is 0 Å². The van der Waals surface area contributed by atoms with Crippen LogP contribution >= 0.6 is 0 Å². The fraction of sp³-hybridized carbons (Fsp3) is 0.750. The van der Waals surface area contributed by atoms with E-state index in [1.54, 1.807) is 0 Å². The summed E-state index contributed by atoms with van der Waals surface area (Å²) in [5.41, 5.74) is 1.17. The summed E-state index contributed by atoms with van der Waals surface area (Å²) < 4.78 is 0. The molecule has 0 radical (unpaired) electrons. The lowest BCUT2D eigenvalue weighted by Gasteiger charge is -2.38. The van der Waals surface area contributed by atoms with Crippen LogP contribution in [-0.2, 0) is 0 Å². The summed E-state index contributed by atoms with van der Waals surface area (Å²) in [6, 6.07) is 0.553. The Morgan fingerprint density at radius 1 is 1.25 bits per heavy atom. The average molecular weight is 276 g/mol. The zero-order valence-corrected chi connectivity index (χ0v) is 13.7. The van der Waals surface area contributed by atoms with E-state index in [0.29, 0.717) is 12.0 Å². The minimum absolute atomic E-state index is 0.348. The van der Waals surface area contributed by atoms with Crippen LogP contribution in [0.2, 0.25) is 0 Å². The molecule has 0 bridgehead atoms. The topological polar surface area (TPSA) is 41.1 Å². The Balaban J connectivity index is 2.41. The third-order valence-corrected chi connectivity index (χ3v) is 4.30. The van der Waals surface area contributed by atoms with Gasteiger partial charge in [0.1, 0.15) is 17.5 Å². The van der Waals surface area contributed by atoms with Crippen molar-refractivity contribution in [2.45, 2.75) is 59.4 Å². The highest BCUT2D eigenvalue weighted by Gasteiger charge is 2.26. The van der Waals surface area contributed by atoms with Crippen LogP contribution in [0, 0.1) is 12.8 Å². The molecular formula is C16H28N4. The average Bonchev–Trinajstić information content (AvgIpc) is 2.39. The molecule has 4 heteroatoms. The van der Waals surface area contributed by atoms with Gasteiger partial charge in [0.2, 0.25) is 0 Å². The van der Waals surface area contributed by atoms with Gasteiger partial charge < -0.3 is 10.2 Å². The molecule has 1 aromatic rings. The molecule has 1 aromatic heterocycles.